The van der Waals surface area contributed by atoms with Crippen LogP contribution in [0.4, 0.5) is 17.6 Å². The van der Waals surface area contributed by atoms with Gasteiger partial charge in [0, 0.05) is 0 Å². The van der Waals surface area contributed by atoms with E-state index in [0.717, 1.165) is 12.8 Å². The average molecular weight is 239 g/mol. The monoisotopic (exact) mass is 239 g/mol. The number of halogens is 4. The lowest BCUT2D eigenvalue weighted by molar-refractivity contribution is -0.313. The highest BCUT2D eigenvalue weighted by atomic mass is 19.3. The summed E-state index contributed by atoms with van der Waals surface area (Å²) in [4.78, 5) is 0. The molecule has 16 heavy (non-hydrogen) atoms. The van der Waals surface area contributed by atoms with Gasteiger partial charge in [0.25, 0.3) is 0 Å². The summed E-state index contributed by atoms with van der Waals surface area (Å²) in [6.07, 6.45) is -4.88. The molecule has 2 rings (SSSR count). The predicted molar refractivity (Wildman–Crippen MR) is 50.1 cm³/mol. The number of hydrogen-bond acceptors (Lipinski definition) is 1. The van der Waals surface area contributed by atoms with Crippen LogP contribution in [0.5, 0.6) is 0 Å². The summed E-state index contributed by atoms with van der Waals surface area (Å²) in [6, 6.07) is 0. The number of ether oxygens (including phenoxy) is 1. The molecule has 0 amide bonds. The summed E-state index contributed by atoms with van der Waals surface area (Å²) < 4.78 is 53.2. The van der Waals surface area contributed by atoms with Crippen LogP contribution >= 0.6 is 0 Å². The lowest BCUT2D eigenvalue weighted by Crippen LogP contribution is -2.34. The van der Waals surface area contributed by atoms with Gasteiger partial charge in [0.2, 0.25) is 0 Å². The number of rotatable bonds is 4. The fraction of sp³-hybridized carbons (Fsp3) is 0.909. The SMILES string of the molecule is CC1CC1C1[CH]C(OC(F)(F)C(F)F)CC1. The summed E-state index contributed by atoms with van der Waals surface area (Å²) in [6.45, 7) is 2.11. The van der Waals surface area contributed by atoms with E-state index >= 15 is 0 Å². The van der Waals surface area contributed by atoms with Crippen molar-refractivity contribution in [1.29, 1.82) is 0 Å². The minimum absolute atomic E-state index is 0.272. The molecule has 0 saturated heterocycles. The van der Waals surface area contributed by atoms with Gasteiger partial charge >= 0.3 is 12.5 Å². The highest BCUT2D eigenvalue weighted by Crippen LogP contribution is 2.50. The lowest BCUT2D eigenvalue weighted by Gasteiger charge is -2.20. The molecule has 0 aromatic rings. The maximum Gasteiger partial charge on any atom is 0.416 e. The van der Waals surface area contributed by atoms with Crippen molar-refractivity contribution >= 4 is 0 Å². The lowest BCUT2D eigenvalue weighted by atomic mass is 10.0. The first-order valence-electron chi connectivity index (χ1n) is 5.59. The second-order valence-corrected chi connectivity index (χ2v) is 4.83. The number of alkyl halides is 4. The van der Waals surface area contributed by atoms with E-state index in [0.29, 0.717) is 18.3 Å². The molecule has 0 heterocycles. The Morgan fingerprint density at radius 1 is 1.31 bits per heavy atom. The van der Waals surface area contributed by atoms with E-state index < -0.39 is 18.6 Å². The maximum atomic E-state index is 12.6. The molecule has 2 aliphatic rings. The Morgan fingerprint density at radius 3 is 2.44 bits per heavy atom. The van der Waals surface area contributed by atoms with Crippen molar-refractivity contribution in [2.24, 2.45) is 17.8 Å². The van der Waals surface area contributed by atoms with Gasteiger partial charge in [-0.15, -0.1) is 0 Å². The minimum Gasteiger partial charge on any atom is -0.312 e. The molecule has 2 fully saturated rings. The predicted octanol–water partition coefficient (Wildman–Crippen LogP) is 3.50. The normalized spacial score (nSPS) is 39.4. The third-order valence-electron chi connectivity index (χ3n) is 3.53. The maximum absolute atomic E-state index is 12.6. The Hall–Kier alpha value is -0.320. The van der Waals surface area contributed by atoms with E-state index in [-0.39, 0.29) is 5.92 Å². The van der Waals surface area contributed by atoms with Gasteiger partial charge in [-0.25, -0.2) is 8.78 Å². The Morgan fingerprint density at radius 2 is 1.94 bits per heavy atom. The van der Waals surface area contributed by atoms with Crippen molar-refractivity contribution in [1.82, 2.24) is 0 Å². The summed E-state index contributed by atoms with van der Waals surface area (Å²) in [5.41, 5.74) is 0. The zero-order chi connectivity index (χ0) is 11.9. The highest BCUT2D eigenvalue weighted by Gasteiger charge is 2.48. The molecule has 1 nitrogen and oxygen atoms in total. The van der Waals surface area contributed by atoms with Gasteiger partial charge in [-0.2, -0.15) is 8.78 Å². The first-order valence-corrected chi connectivity index (χ1v) is 5.59. The third kappa shape index (κ3) is 2.50. The summed E-state index contributed by atoms with van der Waals surface area (Å²) >= 11 is 0. The smallest absolute Gasteiger partial charge is 0.312 e. The molecule has 0 aliphatic heterocycles. The summed E-state index contributed by atoms with van der Waals surface area (Å²) in [7, 11) is 0. The van der Waals surface area contributed by atoms with Crippen molar-refractivity contribution in [2.45, 2.75) is 44.8 Å². The largest absolute Gasteiger partial charge is 0.416 e. The van der Waals surface area contributed by atoms with Gasteiger partial charge < -0.3 is 4.74 Å². The fourth-order valence-electron chi connectivity index (χ4n) is 2.48. The second-order valence-electron chi connectivity index (χ2n) is 4.83. The molecular weight excluding hydrogens is 224 g/mol. The standard InChI is InChI=1S/C11H15F4O/c1-6-4-9(6)7-2-3-8(5-7)16-11(14,15)10(12)13/h5-10H,2-4H2,1H3. The van der Waals surface area contributed by atoms with Crippen LogP contribution in [0.25, 0.3) is 0 Å². The van der Waals surface area contributed by atoms with E-state index in [2.05, 4.69) is 11.7 Å². The van der Waals surface area contributed by atoms with E-state index in [1.54, 1.807) is 6.42 Å². The van der Waals surface area contributed by atoms with Gasteiger partial charge in [0.1, 0.15) is 0 Å². The molecule has 0 aromatic heterocycles. The van der Waals surface area contributed by atoms with Gasteiger partial charge in [0.05, 0.1) is 6.10 Å². The van der Waals surface area contributed by atoms with Crippen LogP contribution in [-0.4, -0.2) is 18.6 Å². The third-order valence-corrected chi connectivity index (χ3v) is 3.53. The molecular formula is C11H15F4O. The number of hydrogen-bond donors (Lipinski definition) is 0. The molecule has 0 aromatic carbocycles. The van der Waals surface area contributed by atoms with Crippen molar-refractivity contribution in [3.8, 4) is 0 Å². The molecule has 4 unspecified atom stereocenters. The molecule has 1 radical (unpaired) electrons. The van der Waals surface area contributed by atoms with Crippen LogP contribution in [0.2, 0.25) is 0 Å². The molecule has 5 heteroatoms. The van der Waals surface area contributed by atoms with E-state index in [4.69, 9.17) is 0 Å². The van der Waals surface area contributed by atoms with E-state index in [1.165, 1.54) is 0 Å². The molecule has 0 bridgehead atoms. The van der Waals surface area contributed by atoms with Crippen LogP contribution in [0.1, 0.15) is 26.2 Å². The molecule has 4 atom stereocenters. The van der Waals surface area contributed by atoms with Crippen molar-refractivity contribution < 1.29 is 22.3 Å². The Labute approximate surface area is 92.2 Å². The average Bonchev–Trinajstić information content (AvgIpc) is 2.73. The van der Waals surface area contributed by atoms with Crippen LogP contribution in [0.3, 0.4) is 0 Å². The van der Waals surface area contributed by atoms with Gasteiger partial charge in [0.15, 0.2) is 0 Å². The van der Waals surface area contributed by atoms with Gasteiger partial charge in [-0.1, -0.05) is 6.92 Å². The molecule has 2 aliphatic carbocycles. The minimum atomic E-state index is -4.31. The Balaban J connectivity index is 1.80. The van der Waals surface area contributed by atoms with Crippen LogP contribution < -0.4 is 0 Å². The summed E-state index contributed by atoms with van der Waals surface area (Å²) in [5, 5.41) is 0. The zero-order valence-corrected chi connectivity index (χ0v) is 9.01. The van der Waals surface area contributed by atoms with Gasteiger partial charge in [-0.3, -0.25) is 0 Å². The van der Waals surface area contributed by atoms with Gasteiger partial charge in [-0.05, 0) is 43.4 Å². The Bertz CT molecular complexity index is 256. The molecule has 2 saturated carbocycles. The molecule has 0 N–H and O–H groups in total. The zero-order valence-electron chi connectivity index (χ0n) is 9.01. The van der Waals surface area contributed by atoms with Crippen LogP contribution in [0, 0.1) is 24.2 Å². The topological polar surface area (TPSA) is 9.23 Å². The molecule has 0 spiro atoms. The Kier molecular flexibility index (Phi) is 3.16. The fourth-order valence-corrected chi connectivity index (χ4v) is 2.48. The van der Waals surface area contributed by atoms with Crippen molar-refractivity contribution in [2.75, 3.05) is 0 Å². The summed E-state index contributed by atoms with van der Waals surface area (Å²) in [5.74, 6) is 1.46. The first-order chi connectivity index (χ1) is 7.40. The second kappa shape index (κ2) is 4.17. The molecule has 93 valence electrons. The highest BCUT2D eigenvalue weighted by molar-refractivity contribution is 5.02. The van der Waals surface area contributed by atoms with Crippen molar-refractivity contribution in [3.63, 3.8) is 0 Å². The first kappa shape index (κ1) is 12.1. The van der Waals surface area contributed by atoms with Crippen LogP contribution in [-0.2, 0) is 4.74 Å². The van der Waals surface area contributed by atoms with Crippen molar-refractivity contribution in [3.05, 3.63) is 6.42 Å². The van der Waals surface area contributed by atoms with E-state index in [9.17, 15) is 17.6 Å². The quantitative estimate of drug-likeness (QED) is 0.682. The van der Waals surface area contributed by atoms with Crippen LogP contribution in [0.15, 0.2) is 0 Å². The van der Waals surface area contributed by atoms with E-state index in [1.807, 2.05) is 0 Å².